The molecule has 24 heavy (non-hydrogen) atoms. The van der Waals surface area contributed by atoms with Gasteiger partial charge >= 0.3 is 0 Å². The smallest absolute Gasteiger partial charge is 0.141 e. The number of nitrogens with zero attached hydrogens (tertiary/aromatic N) is 2. The van der Waals surface area contributed by atoms with Gasteiger partial charge in [0.15, 0.2) is 0 Å². The molecule has 0 atom stereocenters. The van der Waals surface area contributed by atoms with Crippen LogP contribution in [0.1, 0.15) is 11.1 Å². The van der Waals surface area contributed by atoms with E-state index < -0.39 is 0 Å². The Balaban J connectivity index is 1.86. The summed E-state index contributed by atoms with van der Waals surface area (Å²) in [4.78, 5) is 4.85. The molecule has 0 saturated carbocycles. The zero-order chi connectivity index (χ0) is 16.5. The molecule has 0 aliphatic heterocycles. The monoisotopic (exact) mass is 313 g/mol. The predicted molar refractivity (Wildman–Crippen MR) is 99.9 cm³/mol. The normalized spacial score (nSPS) is 11.0. The molecule has 3 aromatic carbocycles. The van der Waals surface area contributed by atoms with Crippen molar-refractivity contribution in [3.05, 3.63) is 83.9 Å². The standard InChI is InChI=1S/C21H19N3/c1-15-6-8-16(9-7-15)14-24-20-5-3-2-4-19(20)23-21(24)17-10-12-18(22)13-11-17/h2-13H,14,22H2,1H3. The maximum atomic E-state index is 5.83. The highest BCUT2D eigenvalue weighted by molar-refractivity contribution is 5.81. The van der Waals surface area contributed by atoms with Gasteiger partial charge in [-0.1, -0.05) is 42.0 Å². The number of fused-ring (bicyclic) bond motifs is 1. The summed E-state index contributed by atoms with van der Waals surface area (Å²) in [5.74, 6) is 0.969. The molecule has 0 bridgehead atoms. The highest BCUT2D eigenvalue weighted by Crippen LogP contribution is 2.26. The molecule has 0 fully saturated rings. The van der Waals surface area contributed by atoms with Crippen LogP contribution in [0.25, 0.3) is 22.4 Å². The summed E-state index contributed by atoms with van der Waals surface area (Å²) in [6.07, 6.45) is 0. The summed E-state index contributed by atoms with van der Waals surface area (Å²) in [5.41, 5.74) is 12.4. The van der Waals surface area contributed by atoms with Crippen molar-refractivity contribution < 1.29 is 0 Å². The van der Waals surface area contributed by atoms with Crippen molar-refractivity contribution in [1.29, 1.82) is 0 Å². The van der Waals surface area contributed by atoms with Crippen LogP contribution >= 0.6 is 0 Å². The van der Waals surface area contributed by atoms with Crippen LogP contribution in [-0.4, -0.2) is 9.55 Å². The van der Waals surface area contributed by atoms with Crippen LogP contribution in [0.3, 0.4) is 0 Å². The number of aromatic nitrogens is 2. The van der Waals surface area contributed by atoms with E-state index in [2.05, 4.69) is 54.0 Å². The second kappa shape index (κ2) is 5.85. The molecule has 0 aliphatic rings. The van der Waals surface area contributed by atoms with Crippen molar-refractivity contribution >= 4 is 16.7 Å². The van der Waals surface area contributed by atoms with Gasteiger partial charge in [0.25, 0.3) is 0 Å². The third-order valence-corrected chi connectivity index (χ3v) is 4.28. The molecule has 0 aliphatic carbocycles. The van der Waals surface area contributed by atoms with Gasteiger partial charge in [-0.05, 0) is 48.9 Å². The van der Waals surface area contributed by atoms with Crippen molar-refractivity contribution in [2.75, 3.05) is 5.73 Å². The average Bonchev–Trinajstić information content (AvgIpc) is 2.96. The van der Waals surface area contributed by atoms with Crippen LogP contribution in [-0.2, 0) is 6.54 Å². The zero-order valence-electron chi connectivity index (χ0n) is 13.6. The van der Waals surface area contributed by atoms with Gasteiger partial charge < -0.3 is 10.3 Å². The van der Waals surface area contributed by atoms with Gasteiger partial charge in [-0.15, -0.1) is 0 Å². The minimum Gasteiger partial charge on any atom is -0.399 e. The number of hydrogen-bond donors (Lipinski definition) is 1. The van der Waals surface area contributed by atoms with Crippen LogP contribution in [0.15, 0.2) is 72.8 Å². The molecular formula is C21H19N3. The number of nitrogen functional groups attached to an aromatic ring is 1. The summed E-state index contributed by atoms with van der Waals surface area (Å²) in [5, 5.41) is 0. The number of benzene rings is 3. The molecule has 3 heteroatoms. The molecule has 0 saturated heterocycles. The van der Waals surface area contributed by atoms with Crippen LogP contribution in [0.4, 0.5) is 5.69 Å². The second-order valence-electron chi connectivity index (χ2n) is 6.12. The Hall–Kier alpha value is -3.07. The molecule has 118 valence electrons. The fourth-order valence-corrected chi connectivity index (χ4v) is 2.96. The van der Waals surface area contributed by atoms with Crippen molar-refractivity contribution in [3.63, 3.8) is 0 Å². The van der Waals surface area contributed by atoms with Crippen molar-refractivity contribution in [2.45, 2.75) is 13.5 Å². The van der Waals surface area contributed by atoms with Crippen LogP contribution < -0.4 is 5.73 Å². The Morgan fingerprint density at radius 3 is 2.33 bits per heavy atom. The molecule has 2 N–H and O–H groups in total. The number of anilines is 1. The van der Waals surface area contributed by atoms with E-state index in [0.29, 0.717) is 0 Å². The largest absolute Gasteiger partial charge is 0.399 e. The highest BCUT2D eigenvalue weighted by atomic mass is 15.1. The Bertz CT molecular complexity index is 980. The Labute approximate surface area is 141 Å². The number of para-hydroxylation sites is 2. The average molecular weight is 313 g/mol. The van der Waals surface area contributed by atoms with Crippen molar-refractivity contribution in [3.8, 4) is 11.4 Å². The van der Waals surface area contributed by atoms with E-state index in [-0.39, 0.29) is 0 Å². The number of aryl methyl sites for hydroxylation is 1. The Morgan fingerprint density at radius 1 is 0.875 bits per heavy atom. The van der Waals surface area contributed by atoms with Gasteiger partial charge in [-0.2, -0.15) is 0 Å². The Kier molecular flexibility index (Phi) is 3.54. The van der Waals surface area contributed by atoms with E-state index in [1.807, 2.05) is 30.3 Å². The number of rotatable bonds is 3. The molecule has 0 radical (unpaired) electrons. The molecule has 1 aromatic heterocycles. The SMILES string of the molecule is Cc1ccc(Cn2c(-c3ccc(N)cc3)nc3ccccc32)cc1. The van der Waals surface area contributed by atoms with E-state index in [0.717, 1.165) is 34.7 Å². The first kappa shape index (κ1) is 14.5. The topological polar surface area (TPSA) is 43.8 Å². The second-order valence-corrected chi connectivity index (χ2v) is 6.12. The van der Waals surface area contributed by atoms with E-state index >= 15 is 0 Å². The van der Waals surface area contributed by atoms with E-state index in [1.54, 1.807) is 0 Å². The summed E-state index contributed by atoms with van der Waals surface area (Å²) in [7, 11) is 0. The first-order chi connectivity index (χ1) is 11.7. The lowest BCUT2D eigenvalue weighted by Crippen LogP contribution is -2.02. The van der Waals surface area contributed by atoms with Gasteiger partial charge in [0, 0.05) is 17.8 Å². The number of nitrogens with two attached hydrogens (primary N) is 1. The lowest BCUT2D eigenvalue weighted by Gasteiger charge is -2.10. The molecule has 4 aromatic rings. The van der Waals surface area contributed by atoms with Crippen molar-refractivity contribution in [1.82, 2.24) is 9.55 Å². The van der Waals surface area contributed by atoms with Crippen LogP contribution in [0, 0.1) is 6.92 Å². The molecule has 0 amide bonds. The van der Waals surface area contributed by atoms with E-state index in [9.17, 15) is 0 Å². The summed E-state index contributed by atoms with van der Waals surface area (Å²) < 4.78 is 2.27. The highest BCUT2D eigenvalue weighted by Gasteiger charge is 2.12. The van der Waals surface area contributed by atoms with Crippen LogP contribution in [0.2, 0.25) is 0 Å². The third-order valence-electron chi connectivity index (χ3n) is 4.28. The summed E-state index contributed by atoms with van der Waals surface area (Å²) in [6, 6.07) is 24.8. The van der Waals surface area contributed by atoms with Gasteiger partial charge in [-0.25, -0.2) is 4.98 Å². The fraction of sp³-hybridized carbons (Fsp3) is 0.0952. The summed E-state index contributed by atoms with van der Waals surface area (Å²) >= 11 is 0. The summed E-state index contributed by atoms with van der Waals surface area (Å²) in [6.45, 7) is 2.90. The molecule has 0 spiro atoms. The van der Waals surface area contributed by atoms with Crippen molar-refractivity contribution in [2.24, 2.45) is 0 Å². The van der Waals surface area contributed by atoms with Crippen LogP contribution in [0.5, 0.6) is 0 Å². The van der Waals surface area contributed by atoms with Gasteiger partial charge in [0.1, 0.15) is 5.82 Å². The minimum atomic E-state index is 0.764. The number of hydrogen-bond acceptors (Lipinski definition) is 2. The third kappa shape index (κ3) is 2.65. The van der Waals surface area contributed by atoms with Gasteiger partial charge in [-0.3, -0.25) is 0 Å². The predicted octanol–water partition coefficient (Wildman–Crippen LogP) is 4.64. The van der Waals surface area contributed by atoms with E-state index in [1.165, 1.54) is 11.1 Å². The molecule has 4 rings (SSSR count). The molecule has 1 heterocycles. The first-order valence-corrected chi connectivity index (χ1v) is 8.07. The van der Waals surface area contributed by atoms with Gasteiger partial charge in [0.05, 0.1) is 11.0 Å². The maximum absolute atomic E-state index is 5.83. The van der Waals surface area contributed by atoms with Gasteiger partial charge in [0.2, 0.25) is 0 Å². The molecule has 0 unspecified atom stereocenters. The zero-order valence-corrected chi connectivity index (χ0v) is 13.6. The Morgan fingerprint density at radius 2 is 1.58 bits per heavy atom. The lowest BCUT2D eigenvalue weighted by atomic mass is 10.1. The fourth-order valence-electron chi connectivity index (χ4n) is 2.96. The maximum Gasteiger partial charge on any atom is 0.141 e. The minimum absolute atomic E-state index is 0.764. The molecule has 3 nitrogen and oxygen atoms in total. The quantitative estimate of drug-likeness (QED) is 0.560. The lowest BCUT2D eigenvalue weighted by molar-refractivity contribution is 0.834. The number of imidazole rings is 1. The first-order valence-electron chi connectivity index (χ1n) is 8.07. The van der Waals surface area contributed by atoms with E-state index in [4.69, 9.17) is 10.7 Å². The molecular weight excluding hydrogens is 294 g/mol.